The van der Waals surface area contributed by atoms with Crippen LogP contribution in [0.2, 0.25) is 0 Å². The molecule has 3 rings (SSSR count). The van der Waals surface area contributed by atoms with Crippen LogP contribution in [0, 0.1) is 23.5 Å². The number of hydrogen-bond donors (Lipinski definition) is 0. The number of fused-ring (bicyclic) bond motifs is 1. The Kier molecular flexibility index (Phi) is 7.14. The first-order valence-electron chi connectivity index (χ1n) is 9.51. The number of carbonyl (C=O) groups excluding carboxylic acids is 2. The number of rotatable bonds is 7. The van der Waals surface area contributed by atoms with Gasteiger partial charge in [-0.15, -0.1) is 0 Å². The highest BCUT2D eigenvalue weighted by Crippen LogP contribution is 2.32. The minimum absolute atomic E-state index is 0.0353. The molecule has 0 radical (unpaired) electrons. The van der Waals surface area contributed by atoms with Gasteiger partial charge >= 0.3 is 5.97 Å². The maximum atomic E-state index is 14.8. The van der Waals surface area contributed by atoms with Crippen LogP contribution in [0.15, 0.2) is 73.8 Å². The van der Waals surface area contributed by atoms with Crippen LogP contribution < -0.4 is 4.74 Å². The van der Waals surface area contributed by atoms with Crippen molar-refractivity contribution in [3.05, 3.63) is 91.0 Å². The van der Waals surface area contributed by atoms with Gasteiger partial charge in [-0.25, -0.2) is 13.6 Å². The Balaban J connectivity index is 1.85. The van der Waals surface area contributed by atoms with Gasteiger partial charge in [0.05, 0.1) is 6.42 Å². The van der Waals surface area contributed by atoms with Crippen LogP contribution >= 0.6 is 0 Å². The Labute approximate surface area is 183 Å². The topological polar surface area (TPSA) is 52.6 Å². The van der Waals surface area contributed by atoms with Gasteiger partial charge in [0.15, 0.2) is 17.4 Å². The van der Waals surface area contributed by atoms with E-state index in [1.807, 2.05) is 0 Å². The molecule has 0 spiro atoms. The number of benzene rings is 3. The molecule has 4 nitrogen and oxygen atoms in total. The summed E-state index contributed by atoms with van der Waals surface area (Å²) in [5.41, 5.74) is 1.23. The monoisotopic (exact) mass is 432 g/mol. The Hall–Kier alpha value is -4.24. The van der Waals surface area contributed by atoms with Crippen LogP contribution in [-0.2, 0) is 14.3 Å². The molecule has 0 fully saturated rings. The molecule has 6 heteroatoms. The number of ether oxygens (including phenoxy) is 2. The van der Waals surface area contributed by atoms with Crippen molar-refractivity contribution < 1.29 is 27.8 Å². The first-order chi connectivity index (χ1) is 15.4. The normalized spacial score (nSPS) is 10.1. The van der Waals surface area contributed by atoms with Gasteiger partial charge in [-0.1, -0.05) is 43.2 Å². The molecule has 0 aromatic heterocycles. The lowest BCUT2D eigenvalue weighted by atomic mass is 9.99. The van der Waals surface area contributed by atoms with Crippen LogP contribution in [0.4, 0.5) is 8.78 Å². The van der Waals surface area contributed by atoms with E-state index in [0.29, 0.717) is 16.5 Å². The van der Waals surface area contributed by atoms with Crippen molar-refractivity contribution in [3.8, 4) is 28.7 Å². The number of halogens is 2. The zero-order chi connectivity index (χ0) is 23.1. The van der Waals surface area contributed by atoms with Gasteiger partial charge < -0.3 is 9.47 Å². The molecule has 0 bridgehead atoms. The Morgan fingerprint density at radius 2 is 1.72 bits per heavy atom. The summed E-state index contributed by atoms with van der Waals surface area (Å²) >= 11 is 0. The lowest BCUT2D eigenvalue weighted by Gasteiger charge is -2.11. The third-order valence-corrected chi connectivity index (χ3v) is 4.50. The van der Waals surface area contributed by atoms with Crippen LogP contribution in [0.5, 0.6) is 5.75 Å². The molecular formula is C26H18F2O4. The van der Waals surface area contributed by atoms with E-state index in [1.165, 1.54) is 12.1 Å². The second-order valence-electron chi connectivity index (χ2n) is 6.59. The minimum atomic E-state index is -1.02. The van der Waals surface area contributed by atoms with Crippen LogP contribution in [0.1, 0.15) is 12.0 Å². The Bertz CT molecular complexity index is 1260. The second kappa shape index (κ2) is 10.2. The average Bonchev–Trinajstić information content (AvgIpc) is 2.81. The maximum absolute atomic E-state index is 14.8. The molecule has 160 valence electrons. The SMILES string of the molecule is C=CC(=O)CC#Cc1ccc(-c2cc3ccc(OCOC(=O)C=C)cc3c(F)c2F)cc1. The molecule has 3 aromatic carbocycles. The van der Waals surface area contributed by atoms with E-state index in [-0.39, 0.29) is 35.7 Å². The van der Waals surface area contributed by atoms with Crippen molar-refractivity contribution in [3.63, 3.8) is 0 Å². The number of allylic oxidation sites excluding steroid dienone is 1. The van der Waals surface area contributed by atoms with Crippen molar-refractivity contribution in [1.29, 1.82) is 0 Å². The standard InChI is InChI=1S/C26H18F2O4/c1-3-20(29)7-5-6-17-8-10-18(11-9-17)22-14-19-12-13-21(31-16-32-24(30)4-2)15-23(19)26(28)25(22)27/h3-4,8-15H,1-2,7,16H2. The first kappa shape index (κ1) is 22.4. The van der Waals surface area contributed by atoms with Gasteiger partial charge in [0.1, 0.15) is 5.75 Å². The largest absolute Gasteiger partial charge is 0.457 e. The summed E-state index contributed by atoms with van der Waals surface area (Å²) in [5.74, 6) is 2.96. The molecule has 0 saturated carbocycles. The van der Waals surface area contributed by atoms with Crippen molar-refractivity contribution in [2.75, 3.05) is 6.79 Å². The molecule has 0 unspecified atom stereocenters. The predicted octanol–water partition coefficient (Wildman–Crippen LogP) is 5.35. The third-order valence-electron chi connectivity index (χ3n) is 4.50. The second-order valence-corrected chi connectivity index (χ2v) is 6.59. The zero-order valence-corrected chi connectivity index (χ0v) is 17.0. The van der Waals surface area contributed by atoms with Crippen molar-refractivity contribution >= 4 is 22.5 Å². The summed E-state index contributed by atoms with van der Waals surface area (Å²) in [7, 11) is 0. The van der Waals surface area contributed by atoms with Crippen LogP contribution in [0.25, 0.3) is 21.9 Å². The van der Waals surface area contributed by atoms with Crippen molar-refractivity contribution in [1.82, 2.24) is 0 Å². The van der Waals surface area contributed by atoms with E-state index < -0.39 is 17.6 Å². The molecule has 32 heavy (non-hydrogen) atoms. The molecule has 0 saturated heterocycles. The first-order valence-corrected chi connectivity index (χ1v) is 9.51. The number of esters is 1. The van der Waals surface area contributed by atoms with E-state index in [0.717, 1.165) is 6.08 Å². The molecule has 0 amide bonds. The molecule has 3 aromatic rings. The fourth-order valence-corrected chi connectivity index (χ4v) is 2.86. The fourth-order valence-electron chi connectivity index (χ4n) is 2.86. The maximum Gasteiger partial charge on any atom is 0.333 e. The molecule has 0 N–H and O–H groups in total. The Morgan fingerprint density at radius 1 is 0.969 bits per heavy atom. The molecule has 0 heterocycles. The number of carbonyl (C=O) groups is 2. The van der Waals surface area contributed by atoms with Crippen LogP contribution in [0.3, 0.4) is 0 Å². The van der Waals surface area contributed by atoms with Gasteiger partial charge in [-0.3, -0.25) is 4.79 Å². The van der Waals surface area contributed by atoms with Crippen molar-refractivity contribution in [2.45, 2.75) is 6.42 Å². The lowest BCUT2D eigenvalue weighted by molar-refractivity contribution is -0.144. The highest BCUT2D eigenvalue weighted by molar-refractivity contribution is 5.91. The van der Waals surface area contributed by atoms with Crippen LogP contribution in [-0.4, -0.2) is 18.5 Å². The van der Waals surface area contributed by atoms with Crippen molar-refractivity contribution in [2.24, 2.45) is 0 Å². The van der Waals surface area contributed by atoms with Gasteiger partial charge in [0.25, 0.3) is 0 Å². The highest BCUT2D eigenvalue weighted by Gasteiger charge is 2.15. The summed E-state index contributed by atoms with van der Waals surface area (Å²) in [6, 6.07) is 12.6. The quantitative estimate of drug-likeness (QED) is 0.219. The lowest BCUT2D eigenvalue weighted by Crippen LogP contribution is -2.07. The van der Waals surface area contributed by atoms with Gasteiger partial charge in [-0.05, 0) is 47.4 Å². The molecule has 0 atom stereocenters. The molecular weight excluding hydrogens is 414 g/mol. The third kappa shape index (κ3) is 5.27. The number of hydrogen-bond acceptors (Lipinski definition) is 4. The zero-order valence-electron chi connectivity index (χ0n) is 17.0. The summed E-state index contributed by atoms with van der Waals surface area (Å²) in [5, 5.41) is 0.509. The van der Waals surface area contributed by atoms with E-state index in [4.69, 9.17) is 9.47 Å². The van der Waals surface area contributed by atoms with E-state index >= 15 is 0 Å². The summed E-state index contributed by atoms with van der Waals surface area (Å²) in [6.45, 7) is 6.27. The summed E-state index contributed by atoms with van der Waals surface area (Å²) < 4.78 is 39.6. The summed E-state index contributed by atoms with van der Waals surface area (Å²) in [6.07, 6.45) is 2.27. The summed E-state index contributed by atoms with van der Waals surface area (Å²) in [4.78, 5) is 22.2. The minimum Gasteiger partial charge on any atom is -0.457 e. The molecule has 0 aliphatic rings. The fraction of sp³-hybridized carbons (Fsp3) is 0.0769. The van der Waals surface area contributed by atoms with E-state index in [2.05, 4.69) is 25.0 Å². The van der Waals surface area contributed by atoms with E-state index in [9.17, 15) is 18.4 Å². The highest BCUT2D eigenvalue weighted by atomic mass is 19.2. The smallest absolute Gasteiger partial charge is 0.333 e. The van der Waals surface area contributed by atoms with Gasteiger partial charge in [0.2, 0.25) is 6.79 Å². The number of ketones is 1. The average molecular weight is 432 g/mol. The molecule has 0 aliphatic heterocycles. The van der Waals surface area contributed by atoms with Gasteiger partial charge in [-0.2, -0.15) is 0 Å². The Morgan fingerprint density at radius 3 is 2.41 bits per heavy atom. The predicted molar refractivity (Wildman–Crippen MR) is 118 cm³/mol. The van der Waals surface area contributed by atoms with Gasteiger partial charge in [0, 0.05) is 22.6 Å². The van der Waals surface area contributed by atoms with E-state index in [1.54, 1.807) is 42.5 Å². The molecule has 0 aliphatic carbocycles.